The van der Waals surface area contributed by atoms with Gasteiger partial charge in [-0.3, -0.25) is 9.48 Å². The first-order valence-corrected chi connectivity index (χ1v) is 12.4. The van der Waals surface area contributed by atoms with Gasteiger partial charge in [-0.05, 0) is 24.3 Å². The van der Waals surface area contributed by atoms with Gasteiger partial charge in [0.05, 0.1) is 41.6 Å². The van der Waals surface area contributed by atoms with Crippen molar-refractivity contribution in [2.75, 3.05) is 42.8 Å². The second-order valence-electron chi connectivity index (χ2n) is 9.25. The molecule has 0 aliphatic heterocycles. The van der Waals surface area contributed by atoms with E-state index in [0.29, 0.717) is 29.0 Å². The molecule has 4 rings (SSSR count). The van der Waals surface area contributed by atoms with Crippen LogP contribution in [-0.2, 0) is 11.8 Å². The highest BCUT2D eigenvalue weighted by atomic mass is 16.5. The summed E-state index contributed by atoms with van der Waals surface area (Å²) < 4.78 is 7.55. The van der Waals surface area contributed by atoms with Crippen molar-refractivity contribution in [1.82, 2.24) is 25.1 Å². The summed E-state index contributed by atoms with van der Waals surface area (Å²) in [4.78, 5) is 23.2. The Hall–Kier alpha value is -4.44. The van der Waals surface area contributed by atoms with Gasteiger partial charge in [0.25, 0.3) is 0 Å². The summed E-state index contributed by atoms with van der Waals surface area (Å²) in [5, 5.41) is 15.0. The number of carbonyl (C=O) groups is 1. The van der Waals surface area contributed by atoms with Crippen molar-refractivity contribution in [3.63, 3.8) is 0 Å². The fourth-order valence-corrected chi connectivity index (χ4v) is 4.12. The number of hydrogen-bond donors (Lipinski definition) is 3. The minimum absolute atomic E-state index is 0.300. The van der Waals surface area contributed by atoms with E-state index in [1.54, 1.807) is 7.11 Å². The molecule has 38 heavy (non-hydrogen) atoms. The van der Waals surface area contributed by atoms with E-state index in [0.717, 1.165) is 40.9 Å². The highest BCUT2D eigenvalue weighted by Gasteiger charge is 2.16. The fourth-order valence-electron chi connectivity index (χ4n) is 4.12. The molecule has 0 aliphatic rings. The number of hydrogen-bond acceptors (Lipinski definition) is 8. The van der Waals surface area contributed by atoms with Crippen LogP contribution in [-0.4, -0.2) is 58.9 Å². The van der Waals surface area contributed by atoms with Gasteiger partial charge in [-0.15, -0.1) is 0 Å². The summed E-state index contributed by atoms with van der Waals surface area (Å²) in [6, 6.07) is 12.1. The third-order valence-corrected chi connectivity index (χ3v) is 6.14. The number of benzene rings is 2. The van der Waals surface area contributed by atoms with Gasteiger partial charge in [0.1, 0.15) is 17.9 Å². The summed E-state index contributed by atoms with van der Waals surface area (Å²) in [5.41, 5.74) is 4.86. The molecule has 10 nitrogen and oxygen atoms in total. The van der Waals surface area contributed by atoms with Crippen LogP contribution in [0.5, 0.6) is 5.75 Å². The summed E-state index contributed by atoms with van der Waals surface area (Å²) >= 11 is 0. The van der Waals surface area contributed by atoms with Gasteiger partial charge in [0.2, 0.25) is 5.91 Å². The van der Waals surface area contributed by atoms with Gasteiger partial charge in [0, 0.05) is 56.3 Å². The molecule has 2 aromatic carbocycles. The molecule has 0 radical (unpaired) electrons. The van der Waals surface area contributed by atoms with E-state index >= 15 is 0 Å². The monoisotopic (exact) mass is 514 g/mol. The number of rotatable bonds is 11. The van der Waals surface area contributed by atoms with Crippen LogP contribution in [0.15, 0.2) is 61.6 Å². The van der Waals surface area contributed by atoms with Crippen molar-refractivity contribution in [3.05, 3.63) is 61.6 Å². The number of amides is 1. The van der Waals surface area contributed by atoms with Gasteiger partial charge >= 0.3 is 0 Å². The third kappa shape index (κ3) is 6.09. The second-order valence-corrected chi connectivity index (χ2v) is 9.25. The van der Waals surface area contributed by atoms with Crippen molar-refractivity contribution in [3.8, 4) is 17.0 Å². The molecule has 0 saturated carbocycles. The van der Waals surface area contributed by atoms with Crippen LogP contribution in [0.1, 0.15) is 13.8 Å². The van der Waals surface area contributed by atoms with Gasteiger partial charge in [-0.25, -0.2) is 9.97 Å². The number of anilines is 4. The van der Waals surface area contributed by atoms with Crippen molar-refractivity contribution >= 4 is 39.7 Å². The van der Waals surface area contributed by atoms with Crippen molar-refractivity contribution < 1.29 is 9.53 Å². The number of nitrogens with one attached hydrogen (secondary N) is 3. The topological polar surface area (TPSA) is 109 Å². The Morgan fingerprint density at radius 3 is 2.74 bits per heavy atom. The number of likely N-dealkylation sites (N-methyl/N-ethyl adjacent to an activating group) is 1. The SMILES string of the molecule is C=CC(=O)Nc1cc(Nc2cc(-c3ccc4c(cnn4C)c3)ncn2)c(OC)cc1N(C)CCNC(C)C. The van der Waals surface area contributed by atoms with Crippen LogP contribution in [0, 0.1) is 0 Å². The molecule has 1 amide bonds. The third-order valence-electron chi connectivity index (χ3n) is 6.14. The first kappa shape index (κ1) is 26.6. The van der Waals surface area contributed by atoms with E-state index in [9.17, 15) is 4.79 Å². The first-order chi connectivity index (χ1) is 18.3. The number of ether oxygens (including phenoxy) is 1. The highest BCUT2D eigenvalue weighted by molar-refractivity contribution is 6.02. The van der Waals surface area contributed by atoms with E-state index in [1.165, 1.54) is 12.4 Å². The van der Waals surface area contributed by atoms with Crippen LogP contribution < -0.4 is 25.6 Å². The molecule has 0 atom stereocenters. The van der Waals surface area contributed by atoms with Crippen LogP contribution in [0.3, 0.4) is 0 Å². The summed E-state index contributed by atoms with van der Waals surface area (Å²) in [5.74, 6) is 0.895. The van der Waals surface area contributed by atoms with Gasteiger partial charge in [0.15, 0.2) is 0 Å². The lowest BCUT2D eigenvalue weighted by atomic mass is 10.1. The zero-order valence-corrected chi connectivity index (χ0v) is 22.4. The molecule has 0 fully saturated rings. The molecule has 0 spiro atoms. The van der Waals surface area contributed by atoms with Crippen LogP contribution in [0.4, 0.5) is 22.9 Å². The van der Waals surface area contributed by atoms with Crippen molar-refractivity contribution in [2.45, 2.75) is 19.9 Å². The first-order valence-electron chi connectivity index (χ1n) is 12.4. The highest BCUT2D eigenvalue weighted by Crippen LogP contribution is 2.38. The molecule has 0 aliphatic carbocycles. The number of methoxy groups -OCH3 is 1. The molecule has 0 bridgehead atoms. The number of nitrogens with zero attached hydrogens (tertiary/aromatic N) is 5. The lowest BCUT2D eigenvalue weighted by Crippen LogP contribution is -2.33. The Morgan fingerprint density at radius 2 is 2.00 bits per heavy atom. The van der Waals surface area contributed by atoms with Crippen LogP contribution in [0.25, 0.3) is 22.2 Å². The fraction of sp³-hybridized carbons (Fsp3) is 0.286. The number of aromatic nitrogens is 4. The number of aryl methyl sites for hydroxylation is 1. The Kier molecular flexibility index (Phi) is 8.22. The quantitative estimate of drug-likeness (QED) is 0.254. The molecule has 2 aromatic heterocycles. The normalized spacial score (nSPS) is 11.0. The summed E-state index contributed by atoms with van der Waals surface area (Å²) in [6.07, 6.45) is 4.60. The van der Waals surface area contributed by atoms with E-state index in [-0.39, 0.29) is 5.91 Å². The molecular weight excluding hydrogens is 480 g/mol. The number of carbonyl (C=O) groups excluding carboxylic acids is 1. The average Bonchev–Trinajstić information content (AvgIpc) is 3.28. The maximum absolute atomic E-state index is 12.2. The Labute approximate surface area is 222 Å². The van der Waals surface area contributed by atoms with E-state index < -0.39 is 0 Å². The lowest BCUT2D eigenvalue weighted by Gasteiger charge is -2.25. The predicted molar refractivity (Wildman–Crippen MR) is 153 cm³/mol. The zero-order valence-electron chi connectivity index (χ0n) is 22.4. The molecule has 198 valence electrons. The van der Waals surface area contributed by atoms with Crippen molar-refractivity contribution in [2.24, 2.45) is 7.05 Å². The van der Waals surface area contributed by atoms with E-state index in [4.69, 9.17) is 4.74 Å². The van der Waals surface area contributed by atoms with Crippen molar-refractivity contribution in [1.29, 1.82) is 0 Å². The largest absolute Gasteiger partial charge is 0.494 e. The second kappa shape index (κ2) is 11.7. The molecular formula is C28H34N8O2. The standard InChI is InChI=1S/C28H34N8O2/c1-7-28(37)34-22-13-23(26(38-6)15-25(22)35(4)11-10-29-18(2)3)33-27-14-21(30-17-31-27)19-8-9-24-20(12-19)16-32-36(24)5/h7-9,12-18,29H,1,10-11H2,2-6H3,(H,34,37)(H,30,31,33). The smallest absolute Gasteiger partial charge is 0.247 e. The number of fused-ring (bicyclic) bond motifs is 1. The Balaban J connectivity index is 1.65. The van der Waals surface area contributed by atoms with Crippen LogP contribution >= 0.6 is 0 Å². The lowest BCUT2D eigenvalue weighted by molar-refractivity contribution is -0.111. The molecule has 0 saturated heterocycles. The molecule has 2 heterocycles. The average molecular weight is 515 g/mol. The van der Waals surface area contributed by atoms with E-state index in [1.807, 2.05) is 55.3 Å². The summed E-state index contributed by atoms with van der Waals surface area (Å²) in [6.45, 7) is 9.33. The van der Waals surface area contributed by atoms with E-state index in [2.05, 4.69) is 62.4 Å². The zero-order chi connectivity index (χ0) is 27.2. The van der Waals surface area contributed by atoms with Gasteiger partial charge in [-0.2, -0.15) is 5.10 Å². The predicted octanol–water partition coefficient (Wildman–Crippen LogP) is 4.34. The molecule has 3 N–H and O–H groups in total. The minimum atomic E-state index is -0.300. The molecule has 0 unspecified atom stereocenters. The maximum Gasteiger partial charge on any atom is 0.247 e. The maximum atomic E-state index is 12.2. The molecule has 4 aromatic rings. The minimum Gasteiger partial charge on any atom is -0.494 e. The van der Waals surface area contributed by atoms with Gasteiger partial charge < -0.3 is 25.6 Å². The Morgan fingerprint density at radius 1 is 1.18 bits per heavy atom. The molecule has 10 heteroatoms. The summed E-state index contributed by atoms with van der Waals surface area (Å²) in [7, 11) is 5.50. The van der Waals surface area contributed by atoms with Crippen LogP contribution in [0.2, 0.25) is 0 Å². The Bertz CT molecular complexity index is 1450. The van der Waals surface area contributed by atoms with Gasteiger partial charge in [-0.1, -0.05) is 26.5 Å².